The van der Waals surface area contributed by atoms with Crippen molar-refractivity contribution < 1.29 is 14.3 Å². The van der Waals surface area contributed by atoms with Crippen LogP contribution in [0.5, 0.6) is 5.88 Å². The summed E-state index contributed by atoms with van der Waals surface area (Å²) >= 11 is 1.36. The van der Waals surface area contributed by atoms with Crippen molar-refractivity contribution in [2.45, 2.75) is 19.4 Å². The van der Waals surface area contributed by atoms with Gasteiger partial charge in [-0.3, -0.25) is 19.7 Å². The second-order valence-electron chi connectivity index (χ2n) is 10.9. The minimum Gasteiger partial charge on any atom is -0.480 e. The van der Waals surface area contributed by atoms with Crippen LogP contribution in [-0.4, -0.2) is 92.1 Å². The van der Waals surface area contributed by atoms with Crippen molar-refractivity contribution in [3.8, 4) is 27.8 Å². The standard InChI is InChI=1S/C31H32N8O3S/c1-19-27(43-30(35-19)25-14-32-8-9-33-25)31(40)39-11-10-38(16-20-7-12-42-18-20)17-26(39)28-34-15-24(36-28)22-13-21-5-3-4-6-23(21)37-29(22)41-2/h3-6,8-9,13-15,20,26H,7,10-12,16-18H2,1-2H3,(H,34,36). The number of piperazine rings is 1. The number of imidazole rings is 1. The van der Waals surface area contributed by atoms with Gasteiger partial charge in [-0.25, -0.2) is 15.0 Å². The molecule has 12 heteroatoms. The lowest BCUT2D eigenvalue weighted by molar-refractivity contribution is 0.0397. The molecule has 0 bridgehead atoms. The van der Waals surface area contributed by atoms with Crippen LogP contribution in [-0.2, 0) is 4.74 Å². The zero-order valence-corrected chi connectivity index (χ0v) is 24.9. The first kappa shape index (κ1) is 27.6. The van der Waals surface area contributed by atoms with Gasteiger partial charge in [-0.05, 0) is 31.4 Å². The van der Waals surface area contributed by atoms with Crippen molar-refractivity contribution in [2.24, 2.45) is 5.92 Å². The number of pyridine rings is 1. The predicted octanol–water partition coefficient (Wildman–Crippen LogP) is 4.39. The molecule has 5 aromatic rings. The van der Waals surface area contributed by atoms with E-state index in [-0.39, 0.29) is 11.9 Å². The van der Waals surface area contributed by atoms with Crippen LogP contribution in [0, 0.1) is 12.8 Å². The van der Waals surface area contributed by atoms with E-state index in [2.05, 4.69) is 30.9 Å². The molecule has 2 atom stereocenters. The van der Waals surface area contributed by atoms with Crippen molar-refractivity contribution in [3.05, 3.63) is 71.5 Å². The number of hydrogen-bond acceptors (Lipinski definition) is 10. The normalized spacial score (nSPS) is 19.3. The summed E-state index contributed by atoms with van der Waals surface area (Å²) in [6.45, 7) is 6.43. The van der Waals surface area contributed by atoms with Gasteiger partial charge in [0.1, 0.15) is 27.4 Å². The lowest BCUT2D eigenvalue weighted by Crippen LogP contribution is -2.52. The summed E-state index contributed by atoms with van der Waals surface area (Å²) in [4.78, 5) is 45.4. The van der Waals surface area contributed by atoms with E-state index in [0.717, 1.165) is 60.7 Å². The summed E-state index contributed by atoms with van der Waals surface area (Å²) in [5, 5.41) is 1.69. The van der Waals surface area contributed by atoms with Crippen molar-refractivity contribution in [1.29, 1.82) is 0 Å². The molecule has 1 aromatic carbocycles. The Morgan fingerprint density at radius 3 is 2.88 bits per heavy atom. The number of aromatic nitrogens is 6. The smallest absolute Gasteiger partial charge is 0.266 e. The summed E-state index contributed by atoms with van der Waals surface area (Å²) < 4.78 is 11.3. The number of aryl methyl sites for hydroxylation is 1. The molecular formula is C31H32N8O3S. The van der Waals surface area contributed by atoms with Crippen LogP contribution in [0.4, 0.5) is 0 Å². The average molecular weight is 597 g/mol. The molecule has 0 aliphatic carbocycles. The van der Waals surface area contributed by atoms with E-state index in [1.54, 1.807) is 31.9 Å². The molecule has 0 spiro atoms. The number of hydrogen-bond donors (Lipinski definition) is 1. The van der Waals surface area contributed by atoms with E-state index in [0.29, 0.717) is 46.2 Å². The first-order chi connectivity index (χ1) is 21.1. The van der Waals surface area contributed by atoms with E-state index in [1.807, 2.05) is 36.1 Å². The molecular weight excluding hydrogens is 564 g/mol. The number of aromatic amines is 1. The first-order valence-corrected chi connectivity index (χ1v) is 15.2. The van der Waals surface area contributed by atoms with Crippen LogP contribution >= 0.6 is 11.3 Å². The third-order valence-electron chi connectivity index (χ3n) is 8.12. The van der Waals surface area contributed by atoms with Crippen LogP contribution in [0.3, 0.4) is 0 Å². The fraction of sp³-hybridized carbons (Fsp3) is 0.355. The molecule has 2 aliphatic heterocycles. The average Bonchev–Trinajstić information content (AvgIpc) is 3.82. The van der Waals surface area contributed by atoms with Crippen LogP contribution in [0.2, 0.25) is 0 Å². The molecule has 1 N–H and O–H groups in total. The molecule has 11 nitrogen and oxygen atoms in total. The van der Waals surface area contributed by atoms with Gasteiger partial charge in [-0.2, -0.15) is 0 Å². The van der Waals surface area contributed by atoms with E-state index >= 15 is 0 Å². The fourth-order valence-corrected chi connectivity index (χ4v) is 6.89. The van der Waals surface area contributed by atoms with Gasteiger partial charge < -0.3 is 19.4 Å². The number of para-hydroxylation sites is 1. The molecule has 220 valence electrons. The lowest BCUT2D eigenvalue weighted by atomic mass is 10.1. The van der Waals surface area contributed by atoms with Gasteiger partial charge in [-0.1, -0.05) is 18.2 Å². The van der Waals surface area contributed by atoms with Crippen LogP contribution < -0.4 is 4.74 Å². The number of amides is 1. The maximum absolute atomic E-state index is 14.2. The fourth-order valence-electron chi connectivity index (χ4n) is 5.91. The van der Waals surface area contributed by atoms with Crippen molar-refractivity contribution in [1.82, 2.24) is 39.7 Å². The number of benzene rings is 1. The Morgan fingerprint density at radius 2 is 2.07 bits per heavy atom. The summed E-state index contributed by atoms with van der Waals surface area (Å²) in [5.74, 6) is 1.69. The van der Waals surface area contributed by atoms with Crippen molar-refractivity contribution >= 4 is 28.1 Å². The Hall–Kier alpha value is -4.26. The van der Waals surface area contributed by atoms with Gasteiger partial charge in [0.15, 0.2) is 0 Å². The van der Waals surface area contributed by atoms with E-state index < -0.39 is 0 Å². The zero-order chi connectivity index (χ0) is 29.3. The number of ether oxygens (including phenoxy) is 2. The number of nitrogens with one attached hydrogen (secondary N) is 1. The zero-order valence-electron chi connectivity index (χ0n) is 24.1. The van der Waals surface area contributed by atoms with Crippen molar-refractivity contribution in [3.63, 3.8) is 0 Å². The Balaban J connectivity index is 1.22. The topological polar surface area (TPSA) is 122 Å². The number of nitrogens with zero attached hydrogens (tertiary/aromatic N) is 7. The molecule has 6 heterocycles. The summed E-state index contributed by atoms with van der Waals surface area (Å²) in [6, 6.07) is 9.73. The minimum atomic E-state index is -0.279. The molecule has 2 fully saturated rings. The molecule has 2 unspecified atom stereocenters. The van der Waals surface area contributed by atoms with E-state index in [4.69, 9.17) is 19.4 Å². The molecule has 2 aliphatic rings. The molecule has 7 rings (SSSR count). The molecule has 1 amide bonds. The number of fused-ring (bicyclic) bond motifs is 1. The van der Waals surface area contributed by atoms with Gasteiger partial charge in [0.25, 0.3) is 5.91 Å². The Bertz CT molecular complexity index is 1750. The Kier molecular flexibility index (Phi) is 7.56. The summed E-state index contributed by atoms with van der Waals surface area (Å²) in [7, 11) is 1.62. The minimum absolute atomic E-state index is 0.0538. The van der Waals surface area contributed by atoms with Crippen molar-refractivity contribution in [2.75, 3.05) is 46.5 Å². The molecule has 2 saturated heterocycles. The largest absolute Gasteiger partial charge is 0.480 e. The SMILES string of the molecule is COc1nc2ccccc2cc1-c1cnc(C2CN(CC3CCOC3)CCN2C(=O)c2sc(-c3cnccn3)nc2C)[nH]1. The Labute approximate surface area is 253 Å². The summed E-state index contributed by atoms with van der Waals surface area (Å²) in [6.07, 6.45) is 7.79. The lowest BCUT2D eigenvalue weighted by Gasteiger charge is -2.41. The van der Waals surface area contributed by atoms with Gasteiger partial charge in [0, 0.05) is 50.6 Å². The third kappa shape index (κ3) is 5.49. The van der Waals surface area contributed by atoms with Gasteiger partial charge in [-0.15, -0.1) is 11.3 Å². The highest BCUT2D eigenvalue weighted by atomic mass is 32.1. The molecule has 0 radical (unpaired) electrons. The highest BCUT2D eigenvalue weighted by Gasteiger charge is 2.36. The van der Waals surface area contributed by atoms with E-state index in [1.165, 1.54) is 11.3 Å². The second-order valence-corrected chi connectivity index (χ2v) is 11.9. The number of methoxy groups -OCH3 is 1. The van der Waals surface area contributed by atoms with Gasteiger partial charge >= 0.3 is 0 Å². The molecule has 0 saturated carbocycles. The number of carbonyl (C=O) groups excluding carboxylic acids is 1. The Morgan fingerprint density at radius 1 is 1.16 bits per heavy atom. The maximum Gasteiger partial charge on any atom is 0.266 e. The van der Waals surface area contributed by atoms with Gasteiger partial charge in [0.2, 0.25) is 5.88 Å². The highest BCUT2D eigenvalue weighted by Crippen LogP contribution is 2.35. The first-order valence-electron chi connectivity index (χ1n) is 14.4. The monoisotopic (exact) mass is 596 g/mol. The summed E-state index contributed by atoms with van der Waals surface area (Å²) in [5.41, 5.74) is 3.81. The maximum atomic E-state index is 14.2. The van der Waals surface area contributed by atoms with Crippen LogP contribution in [0.15, 0.2) is 55.1 Å². The quantitative estimate of drug-likeness (QED) is 0.291. The van der Waals surface area contributed by atoms with E-state index in [9.17, 15) is 4.79 Å². The van der Waals surface area contributed by atoms with Crippen LogP contribution in [0.25, 0.3) is 32.9 Å². The predicted molar refractivity (Wildman–Crippen MR) is 163 cm³/mol. The molecule has 43 heavy (non-hydrogen) atoms. The van der Waals surface area contributed by atoms with Gasteiger partial charge in [0.05, 0.1) is 48.6 Å². The molecule has 4 aromatic heterocycles. The number of H-pyrrole nitrogens is 1. The second kappa shape index (κ2) is 11.8. The highest BCUT2D eigenvalue weighted by molar-refractivity contribution is 7.17. The number of carbonyl (C=O) groups is 1. The van der Waals surface area contributed by atoms with Crippen LogP contribution in [0.1, 0.15) is 33.7 Å². The third-order valence-corrected chi connectivity index (χ3v) is 9.29. The number of thiazole rings is 1. The number of rotatable bonds is 7.